The lowest BCUT2D eigenvalue weighted by Gasteiger charge is -2.63. The molecule has 10 rings (SSSR count). The predicted molar refractivity (Wildman–Crippen MR) is 262 cm³/mol. The number of benzene rings is 3. The van der Waals surface area contributed by atoms with Crippen molar-refractivity contribution in [2.75, 3.05) is 66.0 Å². The van der Waals surface area contributed by atoms with Crippen LogP contribution in [0, 0.1) is 11.3 Å². The number of para-hydroxylation sites is 1. The first kappa shape index (κ1) is 46.8. The summed E-state index contributed by atoms with van der Waals surface area (Å²) in [5.74, 6) is -1.81. The van der Waals surface area contributed by atoms with Gasteiger partial charge in [-0.1, -0.05) is 74.5 Å². The topological polar surface area (TPSA) is 163 Å². The normalized spacial score (nSPS) is 33.3. The number of hydrogen-bond donors (Lipinski definition) is 3. The van der Waals surface area contributed by atoms with Crippen molar-refractivity contribution in [3.05, 3.63) is 113 Å². The number of amides is 1. The number of aliphatic hydroxyl groups is 1. The lowest BCUT2D eigenvalue weighted by molar-refractivity contribution is -0.228. The van der Waals surface area contributed by atoms with Crippen molar-refractivity contribution in [3.8, 4) is 5.75 Å². The molecule has 6 heterocycles. The number of methoxy groups -OCH3 is 3. The second kappa shape index (κ2) is 17.2. The van der Waals surface area contributed by atoms with E-state index < -0.39 is 57.4 Å². The van der Waals surface area contributed by atoms with Crippen LogP contribution in [0.3, 0.4) is 0 Å². The Morgan fingerprint density at radius 2 is 1.67 bits per heavy atom. The van der Waals surface area contributed by atoms with E-state index in [2.05, 4.69) is 51.3 Å². The van der Waals surface area contributed by atoms with E-state index in [9.17, 15) is 19.5 Å². The van der Waals surface area contributed by atoms with E-state index in [-0.39, 0.29) is 17.9 Å². The van der Waals surface area contributed by atoms with Gasteiger partial charge in [-0.25, -0.2) is 4.79 Å². The number of fused-ring (bicyclic) bond motifs is 6. The minimum absolute atomic E-state index is 0.123. The molecule has 1 saturated carbocycles. The number of piperidine rings is 1. The Morgan fingerprint density at radius 1 is 0.913 bits per heavy atom. The predicted octanol–water partition coefficient (Wildman–Crippen LogP) is 5.83. The molecule has 1 unspecified atom stereocenters. The number of carbonyl (C=O) groups is 4. The van der Waals surface area contributed by atoms with Gasteiger partial charge in [-0.15, -0.1) is 0 Å². The first-order valence-electron chi connectivity index (χ1n) is 24.5. The number of nitrogens with one attached hydrogen (secondary N) is 2. The van der Waals surface area contributed by atoms with Crippen molar-refractivity contribution >= 4 is 46.5 Å². The van der Waals surface area contributed by atoms with Crippen LogP contribution < -0.4 is 15.0 Å². The van der Waals surface area contributed by atoms with E-state index >= 15 is 4.79 Å². The molecule has 14 heteroatoms. The molecule has 1 spiro atoms. The summed E-state index contributed by atoms with van der Waals surface area (Å²) >= 11 is 0. The molecule has 3 aromatic carbocycles. The number of carbonyl (C=O) groups excluding carboxylic acids is 4. The van der Waals surface area contributed by atoms with Crippen LogP contribution >= 0.6 is 0 Å². The maximum absolute atomic E-state index is 15.7. The van der Waals surface area contributed by atoms with Gasteiger partial charge in [0, 0.05) is 97.0 Å². The van der Waals surface area contributed by atoms with Crippen LogP contribution in [0.2, 0.25) is 0 Å². The van der Waals surface area contributed by atoms with Crippen molar-refractivity contribution < 1.29 is 43.2 Å². The number of aromatic nitrogens is 1. The van der Waals surface area contributed by atoms with Gasteiger partial charge in [0.15, 0.2) is 6.10 Å². The fourth-order valence-electron chi connectivity index (χ4n) is 14.8. The van der Waals surface area contributed by atoms with Gasteiger partial charge >= 0.3 is 17.9 Å². The van der Waals surface area contributed by atoms with Crippen LogP contribution in [0.5, 0.6) is 5.75 Å². The summed E-state index contributed by atoms with van der Waals surface area (Å²) in [7, 11) is 6.17. The highest BCUT2D eigenvalue weighted by Gasteiger charge is 2.80. The third kappa shape index (κ3) is 6.75. The summed E-state index contributed by atoms with van der Waals surface area (Å²) < 4.78 is 24.3. The SMILES string of the molecule is CC[C@]1(NC(=O)/C=C/c2ccccc2)C[C@H]2CN(CCc3c([nH]c4ccccc34)[C@@](C(=O)OC)(c3cc4c(cc3OC)N(C)[C@H]3[C@@](O)(C(=O)OC)[C@H](OC(C)=O)[C@]5(CC)C=CCN6CC[C@]43[C@@H]65)C2)C1. The Labute approximate surface area is 404 Å². The van der Waals surface area contributed by atoms with Crippen LogP contribution in [-0.2, 0) is 50.6 Å². The number of ether oxygens (including phenoxy) is 4. The molecule has 2 bridgehead atoms. The van der Waals surface area contributed by atoms with Gasteiger partial charge < -0.3 is 44.2 Å². The molecule has 1 aromatic heterocycles. The zero-order valence-corrected chi connectivity index (χ0v) is 40.8. The average Bonchev–Trinajstić information content (AvgIpc) is 4.02. The third-order valence-electron chi connectivity index (χ3n) is 17.3. The first-order chi connectivity index (χ1) is 33.2. The zero-order chi connectivity index (χ0) is 48.7. The lowest BCUT2D eigenvalue weighted by atomic mass is 9.47. The molecule has 2 saturated heterocycles. The largest absolute Gasteiger partial charge is 0.496 e. The smallest absolute Gasteiger partial charge is 0.344 e. The van der Waals surface area contributed by atoms with Crippen molar-refractivity contribution in [2.45, 2.75) is 99.5 Å². The van der Waals surface area contributed by atoms with Crippen LogP contribution in [0.15, 0.2) is 85.0 Å². The Hall–Kier alpha value is -5.96. The highest BCUT2D eigenvalue weighted by Crippen LogP contribution is 2.68. The Kier molecular flexibility index (Phi) is 11.6. The fraction of sp³-hybridized carbons (Fsp3) is 0.491. The number of esters is 3. The molecule has 4 aromatic rings. The molecule has 1 aliphatic carbocycles. The molecule has 0 radical (unpaired) electrons. The van der Waals surface area contributed by atoms with Gasteiger partial charge in [0.25, 0.3) is 0 Å². The summed E-state index contributed by atoms with van der Waals surface area (Å²) in [5.41, 5.74) is -0.597. The molecule has 3 fully saturated rings. The van der Waals surface area contributed by atoms with Gasteiger partial charge in [-0.3, -0.25) is 19.3 Å². The third-order valence-corrected chi connectivity index (χ3v) is 17.3. The lowest BCUT2D eigenvalue weighted by Crippen LogP contribution is -2.81. The molecule has 364 valence electrons. The molecule has 6 aliphatic rings. The number of H-pyrrole nitrogens is 1. The minimum Gasteiger partial charge on any atom is -0.496 e. The van der Waals surface area contributed by atoms with Crippen LogP contribution in [0.4, 0.5) is 5.69 Å². The monoisotopic (exact) mass is 939 g/mol. The number of hydrogen-bond acceptors (Lipinski definition) is 12. The number of nitrogens with zero attached hydrogens (tertiary/aromatic N) is 3. The molecular weight excluding hydrogens is 875 g/mol. The quantitative estimate of drug-likeness (QED) is 0.0757. The van der Waals surface area contributed by atoms with Crippen molar-refractivity contribution in [1.82, 2.24) is 20.1 Å². The van der Waals surface area contributed by atoms with E-state index in [0.717, 1.165) is 39.0 Å². The molecule has 10 atom stereocenters. The Morgan fingerprint density at radius 3 is 2.38 bits per heavy atom. The Bertz CT molecular complexity index is 2770. The minimum atomic E-state index is -2.33. The van der Waals surface area contributed by atoms with Crippen LogP contribution in [-0.4, -0.2) is 134 Å². The molecule has 1 amide bonds. The van der Waals surface area contributed by atoms with Gasteiger partial charge in [0.2, 0.25) is 11.5 Å². The van der Waals surface area contributed by atoms with Crippen molar-refractivity contribution in [2.24, 2.45) is 11.3 Å². The standard InChI is InChI=1S/C55H65N5O9/c1-8-51(57-44(62)21-20-35-16-11-10-12-17-35)30-36-31-54(49(63)67-6,45-38(22-26-59(32-36)33-51)37-18-13-14-19-41(37)56-45)40-28-39-42(29-43(40)66-5)58(4)47-53(39)24-27-60-25-15-23-52(9-2,46(53)60)48(69-34(3)61)55(47,65)50(64)68-7/h10-21,23,28-29,36,46-48,56,65H,8-9,22,24-27,30-33H2,1-7H3,(H,57,62)/b21-20+/t36-,46+,47-,48-,51+,52-,53-,54+,55+/m1/s1. The highest BCUT2D eigenvalue weighted by atomic mass is 16.6. The van der Waals surface area contributed by atoms with Gasteiger partial charge in [-0.2, -0.15) is 0 Å². The van der Waals surface area contributed by atoms with Gasteiger partial charge in [0.05, 0.1) is 32.9 Å². The van der Waals surface area contributed by atoms with Gasteiger partial charge in [0.1, 0.15) is 11.2 Å². The van der Waals surface area contributed by atoms with Crippen LogP contribution in [0.1, 0.15) is 80.8 Å². The van der Waals surface area contributed by atoms with E-state index in [1.54, 1.807) is 13.2 Å². The molecule has 5 aliphatic heterocycles. The van der Waals surface area contributed by atoms with Crippen LogP contribution in [0.25, 0.3) is 17.0 Å². The molecule has 69 heavy (non-hydrogen) atoms. The summed E-state index contributed by atoms with van der Waals surface area (Å²) in [5, 5.41) is 17.9. The first-order valence-corrected chi connectivity index (χ1v) is 24.5. The Balaban J connectivity index is 1.20. The molecular formula is C55H65N5O9. The number of likely N-dealkylation sites (N-methyl/N-ethyl adjacent to an activating group) is 1. The summed E-state index contributed by atoms with van der Waals surface area (Å²) in [6, 6.07) is 20.7. The number of rotatable bonds is 10. The van der Waals surface area contributed by atoms with Crippen molar-refractivity contribution in [1.29, 1.82) is 0 Å². The summed E-state index contributed by atoms with van der Waals surface area (Å²) in [6.45, 7) is 8.74. The van der Waals surface area contributed by atoms with E-state index in [4.69, 9.17) is 18.9 Å². The van der Waals surface area contributed by atoms with E-state index in [0.29, 0.717) is 82.6 Å². The molecule has 3 N–H and O–H groups in total. The summed E-state index contributed by atoms with van der Waals surface area (Å²) in [6.07, 6.45) is 9.46. The highest BCUT2D eigenvalue weighted by molar-refractivity contribution is 5.95. The molecule has 14 nitrogen and oxygen atoms in total. The second-order valence-corrected chi connectivity index (χ2v) is 20.5. The maximum atomic E-state index is 15.7. The van der Waals surface area contributed by atoms with Gasteiger partial charge in [-0.05, 0) is 85.9 Å². The zero-order valence-electron chi connectivity index (χ0n) is 40.8. The van der Waals surface area contributed by atoms with E-state index in [1.807, 2.05) is 79.5 Å². The average molecular weight is 940 g/mol. The van der Waals surface area contributed by atoms with E-state index in [1.165, 1.54) is 21.1 Å². The number of anilines is 1. The second-order valence-electron chi connectivity index (χ2n) is 20.5. The number of aromatic amines is 1. The summed E-state index contributed by atoms with van der Waals surface area (Å²) in [4.78, 5) is 67.9. The maximum Gasteiger partial charge on any atom is 0.344 e. The fourth-order valence-corrected chi connectivity index (χ4v) is 14.8. The van der Waals surface area contributed by atoms with Crippen molar-refractivity contribution in [3.63, 3.8) is 0 Å².